The lowest BCUT2D eigenvalue weighted by Gasteiger charge is -2.15. The van der Waals surface area contributed by atoms with E-state index in [-0.39, 0.29) is 23.7 Å². The second-order valence-corrected chi connectivity index (χ2v) is 4.22. The quantitative estimate of drug-likeness (QED) is 0.687. The first-order chi connectivity index (χ1) is 8.07. The molecular weight excluding hydrogens is 216 g/mol. The third-order valence-corrected chi connectivity index (χ3v) is 3.24. The molecule has 2 atom stereocenters. The maximum absolute atomic E-state index is 12.0. The Morgan fingerprint density at radius 3 is 2.18 bits per heavy atom. The van der Waals surface area contributed by atoms with Crippen molar-refractivity contribution in [3.05, 3.63) is 29.8 Å². The molecule has 1 heterocycles. The van der Waals surface area contributed by atoms with Crippen LogP contribution in [0.2, 0.25) is 0 Å². The average Bonchev–Trinajstić information content (AvgIpc) is 2.54. The van der Waals surface area contributed by atoms with Crippen LogP contribution < -0.4 is 4.90 Å². The van der Waals surface area contributed by atoms with Crippen LogP contribution in [0.25, 0.3) is 0 Å². The number of rotatable bonds is 1. The van der Waals surface area contributed by atoms with E-state index in [1.807, 2.05) is 6.07 Å². The molecule has 86 valence electrons. The summed E-state index contributed by atoms with van der Waals surface area (Å²) in [5.41, 5.74) is 0.733. The Morgan fingerprint density at radius 1 is 1.12 bits per heavy atom. The van der Waals surface area contributed by atoms with Crippen LogP contribution in [0.15, 0.2) is 24.3 Å². The Balaban J connectivity index is 2.52. The first-order valence-corrected chi connectivity index (χ1v) is 5.45. The number of nitriles is 1. The second kappa shape index (κ2) is 4.02. The largest absolute Gasteiger partial charge is 0.274 e. The number of hydrogen-bond acceptors (Lipinski definition) is 3. The van der Waals surface area contributed by atoms with Gasteiger partial charge in [0.1, 0.15) is 6.07 Å². The van der Waals surface area contributed by atoms with E-state index >= 15 is 0 Å². The maximum atomic E-state index is 12.0. The average molecular weight is 228 g/mol. The van der Waals surface area contributed by atoms with Gasteiger partial charge in [-0.25, -0.2) is 4.90 Å². The summed E-state index contributed by atoms with van der Waals surface area (Å²) in [4.78, 5) is 25.1. The molecule has 2 amide bonds. The van der Waals surface area contributed by atoms with Crippen LogP contribution in [-0.4, -0.2) is 11.8 Å². The molecule has 1 aromatic rings. The van der Waals surface area contributed by atoms with Crippen molar-refractivity contribution in [2.45, 2.75) is 13.8 Å². The lowest BCUT2D eigenvalue weighted by Crippen LogP contribution is -2.31. The van der Waals surface area contributed by atoms with Gasteiger partial charge in [-0.05, 0) is 12.1 Å². The van der Waals surface area contributed by atoms with Crippen LogP contribution in [0.4, 0.5) is 5.69 Å². The summed E-state index contributed by atoms with van der Waals surface area (Å²) in [7, 11) is 0. The minimum Gasteiger partial charge on any atom is -0.274 e. The van der Waals surface area contributed by atoms with Gasteiger partial charge in [0.2, 0.25) is 11.8 Å². The van der Waals surface area contributed by atoms with Crippen molar-refractivity contribution < 1.29 is 9.59 Å². The summed E-state index contributed by atoms with van der Waals surface area (Å²) < 4.78 is 0. The number of benzene rings is 1. The minimum atomic E-state index is -0.325. The zero-order chi connectivity index (χ0) is 12.6. The Hall–Kier alpha value is -2.15. The Kier molecular flexibility index (Phi) is 2.68. The smallest absolute Gasteiger partial charge is 0.237 e. The summed E-state index contributed by atoms with van der Waals surface area (Å²) in [6.07, 6.45) is 0. The minimum absolute atomic E-state index is 0.231. The monoisotopic (exact) mass is 228 g/mol. The molecule has 1 aliphatic heterocycles. The van der Waals surface area contributed by atoms with E-state index in [0.29, 0.717) is 11.3 Å². The number of hydrogen-bond donors (Lipinski definition) is 0. The van der Waals surface area contributed by atoms with E-state index in [0.717, 1.165) is 4.90 Å². The number of nitrogens with zero attached hydrogens (tertiary/aromatic N) is 2. The third kappa shape index (κ3) is 1.60. The van der Waals surface area contributed by atoms with E-state index in [4.69, 9.17) is 5.26 Å². The van der Waals surface area contributed by atoms with E-state index < -0.39 is 0 Å². The Bertz CT molecular complexity index is 510. The van der Waals surface area contributed by atoms with Gasteiger partial charge >= 0.3 is 0 Å². The zero-order valence-electron chi connectivity index (χ0n) is 9.68. The molecule has 1 saturated heterocycles. The molecule has 1 aromatic carbocycles. The molecule has 0 bridgehead atoms. The molecule has 4 heteroatoms. The standard InChI is InChI=1S/C13H12N2O2/c1-8-9(2)13(17)15(12(8)16)11-6-4-3-5-10(11)7-14/h3-6,8-9H,1-2H3. The van der Waals surface area contributed by atoms with Crippen molar-refractivity contribution in [1.29, 1.82) is 5.26 Å². The highest BCUT2D eigenvalue weighted by Gasteiger charge is 2.43. The first-order valence-electron chi connectivity index (χ1n) is 5.45. The molecule has 17 heavy (non-hydrogen) atoms. The maximum Gasteiger partial charge on any atom is 0.237 e. The van der Waals surface area contributed by atoms with Gasteiger partial charge in [-0.2, -0.15) is 5.26 Å². The molecular formula is C13H12N2O2. The molecule has 4 nitrogen and oxygen atoms in total. The van der Waals surface area contributed by atoms with Crippen LogP contribution >= 0.6 is 0 Å². The fourth-order valence-corrected chi connectivity index (χ4v) is 1.94. The molecule has 0 N–H and O–H groups in total. The van der Waals surface area contributed by atoms with Crippen molar-refractivity contribution in [3.63, 3.8) is 0 Å². The molecule has 0 aliphatic carbocycles. The SMILES string of the molecule is CC1C(=O)N(c2ccccc2C#N)C(=O)C1C. The summed E-state index contributed by atoms with van der Waals surface area (Å²) >= 11 is 0. The molecule has 1 fully saturated rings. The van der Waals surface area contributed by atoms with Crippen molar-refractivity contribution in [3.8, 4) is 6.07 Å². The van der Waals surface area contributed by atoms with Gasteiger partial charge in [0, 0.05) is 11.8 Å². The van der Waals surface area contributed by atoms with Crippen molar-refractivity contribution >= 4 is 17.5 Å². The summed E-state index contributed by atoms with van der Waals surface area (Å²) in [5.74, 6) is -1.11. The van der Waals surface area contributed by atoms with Gasteiger partial charge in [-0.3, -0.25) is 9.59 Å². The van der Waals surface area contributed by atoms with Gasteiger partial charge in [-0.1, -0.05) is 26.0 Å². The highest BCUT2D eigenvalue weighted by atomic mass is 16.2. The van der Waals surface area contributed by atoms with Crippen LogP contribution in [0.1, 0.15) is 19.4 Å². The molecule has 0 aromatic heterocycles. The molecule has 1 aliphatic rings. The second-order valence-electron chi connectivity index (χ2n) is 4.22. The van der Waals surface area contributed by atoms with Gasteiger partial charge in [0.15, 0.2) is 0 Å². The lowest BCUT2D eigenvalue weighted by molar-refractivity contribution is -0.122. The molecule has 0 saturated carbocycles. The highest BCUT2D eigenvalue weighted by Crippen LogP contribution is 2.31. The summed E-state index contributed by atoms with van der Waals surface area (Å²) in [6, 6.07) is 8.64. The molecule has 0 radical (unpaired) electrons. The zero-order valence-corrected chi connectivity index (χ0v) is 9.68. The number of carbonyl (C=O) groups excluding carboxylic acids is 2. The van der Waals surface area contributed by atoms with Crippen molar-refractivity contribution in [1.82, 2.24) is 0 Å². The highest BCUT2D eigenvalue weighted by molar-refractivity contribution is 6.22. The topological polar surface area (TPSA) is 61.2 Å². The molecule has 2 rings (SSSR count). The predicted molar refractivity (Wildman–Crippen MR) is 62.0 cm³/mol. The van der Waals surface area contributed by atoms with Crippen LogP contribution in [-0.2, 0) is 9.59 Å². The van der Waals surface area contributed by atoms with Gasteiger partial charge in [0.25, 0.3) is 0 Å². The molecule has 0 spiro atoms. The van der Waals surface area contributed by atoms with Crippen molar-refractivity contribution in [2.75, 3.05) is 4.90 Å². The third-order valence-electron chi connectivity index (χ3n) is 3.24. The van der Waals surface area contributed by atoms with Crippen LogP contribution in [0, 0.1) is 23.2 Å². The summed E-state index contributed by atoms with van der Waals surface area (Å²) in [5, 5.41) is 8.98. The fourth-order valence-electron chi connectivity index (χ4n) is 1.94. The van der Waals surface area contributed by atoms with E-state index in [2.05, 4.69) is 0 Å². The van der Waals surface area contributed by atoms with Gasteiger partial charge in [-0.15, -0.1) is 0 Å². The molecule has 2 unspecified atom stereocenters. The first kappa shape index (κ1) is 11.3. The van der Waals surface area contributed by atoms with E-state index in [9.17, 15) is 9.59 Å². The number of carbonyl (C=O) groups is 2. The normalized spacial score (nSPS) is 23.9. The number of imide groups is 1. The van der Waals surface area contributed by atoms with Crippen LogP contribution in [0.5, 0.6) is 0 Å². The number of amides is 2. The summed E-state index contributed by atoms with van der Waals surface area (Å²) in [6.45, 7) is 3.47. The van der Waals surface area contributed by atoms with Crippen LogP contribution in [0.3, 0.4) is 0 Å². The van der Waals surface area contributed by atoms with Gasteiger partial charge < -0.3 is 0 Å². The van der Waals surface area contributed by atoms with E-state index in [1.165, 1.54) is 0 Å². The van der Waals surface area contributed by atoms with Gasteiger partial charge in [0.05, 0.1) is 11.3 Å². The van der Waals surface area contributed by atoms with E-state index in [1.54, 1.807) is 38.1 Å². The van der Waals surface area contributed by atoms with Crippen molar-refractivity contribution in [2.24, 2.45) is 11.8 Å². The number of para-hydroxylation sites is 1. The Labute approximate surface area is 99.5 Å². The Morgan fingerprint density at radius 2 is 1.65 bits per heavy atom. The fraction of sp³-hybridized carbons (Fsp3) is 0.308. The predicted octanol–water partition coefficient (Wildman–Crippen LogP) is 1.70. The number of anilines is 1. The lowest BCUT2D eigenvalue weighted by atomic mass is 10.00.